The zero-order chi connectivity index (χ0) is 12.4. The minimum absolute atomic E-state index is 0. The average Bonchev–Trinajstić information content (AvgIpc) is 2.47. The van der Waals surface area contributed by atoms with E-state index in [-0.39, 0.29) is 11.3 Å². The SMILES string of the molecule is O.O=C(c1ccccc1)c1nccc2ccccc12. The molecule has 0 radical (unpaired) electrons. The maximum Gasteiger partial charge on any atom is 0.211 e. The van der Waals surface area contributed by atoms with E-state index < -0.39 is 0 Å². The van der Waals surface area contributed by atoms with Crippen molar-refractivity contribution in [1.82, 2.24) is 4.98 Å². The Kier molecular flexibility index (Phi) is 3.68. The molecule has 0 spiro atoms. The van der Waals surface area contributed by atoms with E-state index in [1.54, 1.807) is 6.20 Å². The van der Waals surface area contributed by atoms with Crippen LogP contribution in [0.4, 0.5) is 0 Å². The van der Waals surface area contributed by atoms with Gasteiger partial charge in [0.25, 0.3) is 0 Å². The van der Waals surface area contributed by atoms with Crippen LogP contribution in [0.3, 0.4) is 0 Å². The maximum atomic E-state index is 12.4. The Morgan fingerprint density at radius 3 is 2.32 bits per heavy atom. The fourth-order valence-electron chi connectivity index (χ4n) is 2.03. The number of pyridine rings is 1. The predicted molar refractivity (Wildman–Crippen MR) is 75.2 cm³/mol. The van der Waals surface area contributed by atoms with E-state index in [1.165, 1.54) is 0 Å². The number of benzene rings is 2. The molecular formula is C16H13NO2. The van der Waals surface area contributed by atoms with E-state index in [4.69, 9.17) is 0 Å². The molecule has 19 heavy (non-hydrogen) atoms. The molecule has 2 aromatic carbocycles. The lowest BCUT2D eigenvalue weighted by atomic mass is 10.0. The van der Waals surface area contributed by atoms with Crippen molar-refractivity contribution in [3.63, 3.8) is 0 Å². The molecule has 0 aliphatic heterocycles. The average molecular weight is 251 g/mol. The number of carbonyl (C=O) groups excluding carboxylic acids is 1. The third kappa shape index (κ3) is 2.37. The van der Waals surface area contributed by atoms with Gasteiger partial charge in [-0.25, -0.2) is 0 Å². The van der Waals surface area contributed by atoms with Gasteiger partial charge in [-0.15, -0.1) is 0 Å². The summed E-state index contributed by atoms with van der Waals surface area (Å²) in [5, 5.41) is 1.93. The zero-order valence-electron chi connectivity index (χ0n) is 10.2. The number of aromatic nitrogens is 1. The summed E-state index contributed by atoms with van der Waals surface area (Å²) in [6, 6.07) is 18.9. The van der Waals surface area contributed by atoms with Crippen LogP contribution in [0.1, 0.15) is 16.1 Å². The van der Waals surface area contributed by atoms with Gasteiger partial charge in [0.15, 0.2) is 0 Å². The molecule has 0 unspecified atom stereocenters. The van der Waals surface area contributed by atoms with Crippen LogP contribution in [-0.4, -0.2) is 16.2 Å². The van der Waals surface area contributed by atoms with Crippen molar-refractivity contribution < 1.29 is 10.3 Å². The lowest BCUT2D eigenvalue weighted by molar-refractivity contribution is 0.103. The van der Waals surface area contributed by atoms with Crippen molar-refractivity contribution in [1.29, 1.82) is 0 Å². The predicted octanol–water partition coefficient (Wildman–Crippen LogP) is 2.64. The number of hydrogen-bond donors (Lipinski definition) is 0. The molecule has 94 valence electrons. The quantitative estimate of drug-likeness (QED) is 0.657. The van der Waals surface area contributed by atoms with E-state index >= 15 is 0 Å². The minimum Gasteiger partial charge on any atom is -0.412 e. The Labute approximate surface area is 110 Å². The molecule has 0 aliphatic rings. The van der Waals surface area contributed by atoms with Crippen LogP contribution in [0.5, 0.6) is 0 Å². The molecule has 3 heteroatoms. The number of nitrogens with zero attached hydrogens (tertiary/aromatic N) is 1. The molecule has 1 aromatic heterocycles. The summed E-state index contributed by atoms with van der Waals surface area (Å²) in [5.74, 6) is -0.0348. The molecule has 3 rings (SSSR count). The largest absolute Gasteiger partial charge is 0.412 e. The molecule has 0 saturated heterocycles. The molecule has 0 saturated carbocycles. The van der Waals surface area contributed by atoms with Gasteiger partial charge in [0.2, 0.25) is 5.78 Å². The molecule has 0 bridgehead atoms. The van der Waals surface area contributed by atoms with Crippen molar-refractivity contribution >= 4 is 16.6 Å². The van der Waals surface area contributed by atoms with Gasteiger partial charge in [-0.2, -0.15) is 0 Å². The number of hydrogen-bond acceptors (Lipinski definition) is 2. The van der Waals surface area contributed by atoms with Gasteiger partial charge in [-0.3, -0.25) is 9.78 Å². The summed E-state index contributed by atoms with van der Waals surface area (Å²) in [5.41, 5.74) is 1.18. The van der Waals surface area contributed by atoms with Gasteiger partial charge in [0, 0.05) is 17.1 Å². The van der Waals surface area contributed by atoms with Crippen molar-refractivity contribution in [3.05, 3.63) is 78.1 Å². The van der Waals surface area contributed by atoms with Crippen LogP contribution in [0, 0.1) is 0 Å². The Morgan fingerprint density at radius 2 is 1.53 bits per heavy atom. The summed E-state index contributed by atoms with van der Waals surface area (Å²) >= 11 is 0. The first kappa shape index (κ1) is 12.9. The molecule has 2 N–H and O–H groups in total. The van der Waals surface area contributed by atoms with Crippen LogP contribution in [0.25, 0.3) is 10.8 Å². The molecule has 3 aromatic rings. The van der Waals surface area contributed by atoms with Crippen LogP contribution in [-0.2, 0) is 0 Å². The van der Waals surface area contributed by atoms with Crippen molar-refractivity contribution in [2.75, 3.05) is 0 Å². The smallest absolute Gasteiger partial charge is 0.211 e. The summed E-state index contributed by atoms with van der Waals surface area (Å²) in [6.45, 7) is 0. The molecule has 0 amide bonds. The second-order valence-corrected chi connectivity index (χ2v) is 4.08. The number of ketones is 1. The summed E-state index contributed by atoms with van der Waals surface area (Å²) in [7, 11) is 0. The maximum absolute atomic E-state index is 12.4. The topological polar surface area (TPSA) is 61.5 Å². The van der Waals surface area contributed by atoms with Gasteiger partial charge < -0.3 is 5.48 Å². The molecule has 0 atom stereocenters. The first-order valence-electron chi connectivity index (χ1n) is 5.80. The molecule has 0 aliphatic carbocycles. The van der Waals surface area contributed by atoms with E-state index in [9.17, 15) is 4.79 Å². The Hall–Kier alpha value is -2.52. The molecular weight excluding hydrogens is 238 g/mol. The Morgan fingerprint density at radius 1 is 0.842 bits per heavy atom. The van der Waals surface area contributed by atoms with E-state index in [0.717, 1.165) is 10.8 Å². The highest BCUT2D eigenvalue weighted by molar-refractivity contribution is 6.14. The second-order valence-electron chi connectivity index (χ2n) is 4.08. The van der Waals surface area contributed by atoms with Crippen molar-refractivity contribution in [2.45, 2.75) is 0 Å². The first-order chi connectivity index (χ1) is 8.86. The molecule has 1 heterocycles. The van der Waals surface area contributed by atoms with Crippen molar-refractivity contribution in [3.8, 4) is 0 Å². The van der Waals surface area contributed by atoms with Gasteiger partial charge in [-0.1, -0.05) is 54.6 Å². The zero-order valence-corrected chi connectivity index (χ0v) is 10.2. The fourth-order valence-corrected chi connectivity index (χ4v) is 2.03. The van der Waals surface area contributed by atoms with Gasteiger partial charge in [0.05, 0.1) is 0 Å². The van der Waals surface area contributed by atoms with Crippen LogP contribution in [0.2, 0.25) is 0 Å². The monoisotopic (exact) mass is 251 g/mol. The van der Waals surface area contributed by atoms with Gasteiger partial charge in [0.1, 0.15) is 5.69 Å². The Bertz CT molecular complexity index is 703. The molecule has 3 nitrogen and oxygen atoms in total. The number of rotatable bonds is 2. The highest BCUT2D eigenvalue weighted by Gasteiger charge is 2.12. The third-order valence-corrected chi connectivity index (χ3v) is 2.92. The van der Waals surface area contributed by atoms with E-state index in [0.29, 0.717) is 11.3 Å². The van der Waals surface area contributed by atoms with Crippen LogP contribution >= 0.6 is 0 Å². The third-order valence-electron chi connectivity index (χ3n) is 2.92. The summed E-state index contributed by atoms with van der Waals surface area (Å²) in [6.07, 6.45) is 1.68. The van der Waals surface area contributed by atoms with E-state index in [2.05, 4.69) is 4.98 Å². The van der Waals surface area contributed by atoms with Crippen LogP contribution < -0.4 is 0 Å². The second kappa shape index (κ2) is 5.42. The highest BCUT2D eigenvalue weighted by atomic mass is 16.1. The molecule has 0 fully saturated rings. The standard InChI is InChI=1S/C16H11NO.H2O/c18-16(13-7-2-1-3-8-13)15-14-9-5-4-6-12(14)10-11-17-15;/h1-11H;1H2. The lowest BCUT2D eigenvalue weighted by Crippen LogP contribution is -2.04. The number of fused-ring (bicyclic) bond motifs is 1. The summed E-state index contributed by atoms with van der Waals surface area (Å²) < 4.78 is 0. The van der Waals surface area contributed by atoms with E-state index in [1.807, 2.05) is 60.7 Å². The van der Waals surface area contributed by atoms with Crippen molar-refractivity contribution in [2.24, 2.45) is 0 Å². The van der Waals surface area contributed by atoms with Gasteiger partial charge in [-0.05, 0) is 11.5 Å². The van der Waals surface area contributed by atoms with Crippen LogP contribution in [0.15, 0.2) is 66.9 Å². The lowest BCUT2D eigenvalue weighted by Gasteiger charge is -2.04. The Balaban J connectivity index is 0.00000133. The highest BCUT2D eigenvalue weighted by Crippen LogP contribution is 2.19. The van der Waals surface area contributed by atoms with Gasteiger partial charge >= 0.3 is 0 Å². The summed E-state index contributed by atoms with van der Waals surface area (Å²) in [4.78, 5) is 16.6. The first-order valence-corrected chi connectivity index (χ1v) is 5.80. The number of carbonyl (C=O) groups is 1. The minimum atomic E-state index is -0.0348. The normalized spacial score (nSPS) is 9.89. The fraction of sp³-hybridized carbons (Fsp3) is 0.